The molecule has 186 valence electrons. The number of hydrogen-bond donors (Lipinski definition) is 1. The average molecular weight is 502 g/mol. The first-order chi connectivity index (χ1) is 16.9. The van der Waals surface area contributed by atoms with Crippen molar-refractivity contribution in [1.29, 1.82) is 0 Å². The summed E-state index contributed by atoms with van der Waals surface area (Å²) in [5.41, 5.74) is 0.507. The number of nitrogens with one attached hydrogen (secondary N) is 1. The number of thiophene rings is 1. The van der Waals surface area contributed by atoms with Crippen molar-refractivity contribution in [3.8, 4) is 11.5 Å². The summed E-state index contributed by atoms with van der Waals surface area (Å²) in [6.45, 7) is 5.68. The molecule has 10 heteroatoms. The van der Waals surface area contributed by atoms with E-state index >= 15 is 0 Å². The molecule has 0 saturated carbocycles. The summed E-state index contributed by atoms with van der Waals surface area (Å²) in [6.07, 6.45) is 0.634. The van der Waals surface area contributed by atoms with Crippen molar-refractivity contribution in [2.24, 2.45) is 0 Å². The van der Waals surface area contributed by atoms with Crippen LogP contribution in [-0.4, -0.2) is 38.2 Å². The van der Waals surface area contributed by atoms with Gasteiger partial charge in [-0.2, -0.15) is 0 Å². The van der Waals surface area contributed by atoms with E-state index < -0.39 is 17.8 Å². The third-order valence-corrected chi connectivity index (χ3v) is 5.99. The minimum absolute atomic E-state index is 0.0231. The molecule has 0 spiro atoms. The number of anilines is 1. The fourth-order valence-corrected chi connectivity index (χ4v) is 4.16. The lowest BCUT2D eigenvalue weighted by molar-refractivity contribution is 0.0506. The summed E-state index contributed by atoms with van der Waals surface area (Å²) >= 11 is 0.952. The van der Waals surface area contributed by atoms with Gasteiger partial charge in [0.25, 0.3) is 5.91 Å². The lowest BCUT2D eigenvalue weighted by Crippen LogP contribution is -2.14. The summed E-state index contributed by atoms with van der Waals surface area (Å²) in [5.74, 6) is 0.00149. The number of furan rings is 1. The van der Waals surface area contributed by atoms with Crippen LogP contribution in [0.2, 0.25) is 0 Å². The number of ether oxygens (including phenoxy) is 4. The standard InChI is InChI=1S/C25H27NO8S/c1-5-13-32-24(28)20-15(3)21(25(29)31-6-2)35-23(20)26-22(27)19-12-11-18(34-19)14-33-17-9-7-16(30-4)8-10-17/h7-12H,5-6,13-14H2,1-4H3,(H,26,27). The molecule has 0 fully saturated rings. The SMILES string of the molecule is CCCOC(=O)c1c(NC(=O)c2ccc(COc3ccc(OC)cc3)o2)sc(C(=O)OCC)c1C. The van der Waals surface area contributed by atoms with Gasteiger partial charge in [0.2, 0.25) is 0 Å². The smallest absolute Gasteiger partial charge is 0.348 e. The van der Waals surface area contributed by atoms with Gasteiger partial charge in [0.1, 0.15) is 33.7 Å². The Morgan fingerprint density at radius 1 is 0.971 bits per heavy atom. The van der Waals surface area contributed by atoms with Crippen molar-refractivity contribution >= 4 is 34.2 Å². The minimum Gasteiger partial charge on any atom is -0.497 e. The maximum atomic E-state index is 12.9. The number of hydrogen-bond acceptors (Lipinski definition) is 9. The van der Waals surface area contributed by atoms with Crippen LogP contribution in [0.25, 0.3) is 0 Å². The van der Waals surface area contributed by atoms with Gasteiger partial charge in [-0.1, -0.05) is 6.92 Å². The first-order valence-electron chi connectivity index (χ1n) is 11.0. The third kappa shape index (κ3) is 6.42. The first kappa shape index (κ1) is 25.8. The van der Waals surface area contributed by atoms with Crippen molar-refractivity contribution in [1.82, 2.24) is 0 Å². The van der Waals surface area contributed by atoms with Gasteiger partial charge in [-0.05, 0) is 62.2 Å². The zero-order chi connectivity index (χ0) is 25.4. The maximum Gasteiger partial charge on any atom is 0.348 e. The van der Waals surface area contributed by atoms with Gasteiger partial charge in [0.15, 0.2) is 5.76 Å². The highest BCUT2D eigenvalue weighted by atomic mass is 32.1. The van der Waals surface area contributed by atoms with Gasteiger partial charge in [0, 0.05) is 0 Å². The van der Waals surface area contributed by atoms with Crippen LogP contribution < -0.4 is 14.8 Å². The lowest BCUT2D eigenvalue weighted by Gasteiger charge is -2.07. The van der Waals surface area contributed by atoms with Crippen LogP contribution in [0.3, 0.4) is 0 Å². The van der Waals surface area contributed by atoms with Crippen LogP contribution in [0.4, 0.5) is 5.00 Å². The predicted octanol–water partition coefficient (Wildman–Crippen LogP) is 5.23. The first-order valence-corrected chi connectivity index (χ1v) is 11.8. The monoisotopic (exact) mass is 501 g/mol. The van der Waals surface area contributed by atoms with Gasteiger partial charge >= 0.3 is 11.9 Å². The molecule has 0 saturated heterocycles. The van der Waals surface area contributed by atoms with E-state index in [0.29, 0.717) is 29.2 Å². The van der Waals surface area contributed by atoms with Crippen molar-refractivity contribution in [2.75, 3.05) is 25.6 Å². The van der Waals surface area contributed by atoms with Gasteiger partial charge in [0.05, 0.1) is 25.9 Å². The Hall–Kier alpha value is -3.79. The van der Waals surface area contributed by atoms with Crippen molar-refractivity contribution < 1.29 is 37.7 Å². The second kappa shape index (κ2) is 12.1. The molecule has 0 aliphatic heterocycles. The summed E-state index contributed by atoms with van der Waals surface area (Å²) in [7, 11) is 1.58. The highest BCUT2D eigenvalue weighted by Crippen LogP contribution is 2.35. The fourth-order valence-electron chi connectivity index (χ4n) is 3.07. The molecule has 0 unspecified atom stereocenters. The van der Waals surface area contributed by atoms with Gasteiger partial charge < -0.3 is 28.7 Å². The molecule has 1 aromatic carbocycles. The van der Waals surface area contributed by atoms with E-state index in [1.165, 1.54) is 6.07 Å². The van der Waals surface area contributed by atoms with Crippen LogP contribution in [0.5, 0.6) is 11.5 Å². The summed E-state index contributed by atoms with van der Waals surface area (Å²) in [6, 6.07) is 10.2. The van der Waals surface area contributed by atoms with E-state index in [9.17, 15) is 14.4 Å². The van der Waals surface area contributed by atoms with Gasteiger partial charge in [-0.15, -0.1) is 11.3 Å². The zero-order valence-corrected chi connectivity index (χ0v) is 20.8. The molecule has 35 heavy (non-hydrogen) atoms. The molecular weight excluding hydrogens is 474 g/mol. The number of carbonyl (C=O) groups excluding carboxylic acids is 3. The third-order valence-electron chi connectivity index (χ3n) is 4.80. The molecule has 0 aliphatic carbocycles. The van der Waals surface area contributed by atoms with E-state index in [0.717, 1.165) is 11.3 Å². The summed E-state index contributed by atoms with van der Waals surface area (Å²) in [5, 5.41) is 2.85. The molecule has 9 nitrogen and oxygen atoms in total. The van der Waals surface area contributed by atoms with Crippen LogP contribution >= 0.6 is 11.3 Å². The van der Waals surface area contributed by atoms with E-state index in [4.69, 9.17) is 23.4 Å². The van der Waals surface area contributed by atoms with Crippen molar-refractivity contribution in [3.05, 3.63) is 63.9 Å². The zero-order valence-electron chi connectivity index (χ0n) is 20.0. The molecule has 3 rings (SSSR count). The molecule has 3 aromatic rings. The number of esters is 2. The second-order valence-electron chi connectivity index (χ2n) is 7.30. The van der Waals surface area contributed by atoms with Crippen molar-refractivity contribution in [2.45, 2.75) is 33.8 Å². The van der Waals surface area contributed by atoms with E-state index in [-0.39, 0.29) is 41.0 Å². The Labute approximate surface area is 206 Å². The Balaban J connectivity index is 1.74. The Morgan fingerprint density at radius 3 is 2.34 bits per heavy atom. The van der Waals surface area contributed by atoms with Crippen LogP contribution in [-0.2, 0) is 16.1 Å². The normalized spacial score (nSPS) is 10.5. The molecule has 0 bridgehead atoms. The summed E-state index contributed by atoms with van der Waals surface area (Å²) in [4.78, 5) is 38.1. The predicted molar refractivity (Wildman–Crippen MR) is 130 cm³/mol. The number of benzene rings is 1. The molecular formula is C25H27NO8S. The molecule has 2 aromatic heterocycles. The molecule has 2 heterocycles. The van der Waals surface area contributed by atoms with E-state index in [1.807, 2.05) is 6.92 Å². The average Bonchev–Trinajstić information content (AvgIpc) is 3.46. The Kier molecular flexibility index (Phi) is 8.91. The van der Waals surface area contributed by atoms with Crippen LogP contribution in [0.1, 0.15) is 62.2 Å². The molecule has 1 amide bonds. The van der Waals surface area contributed by atoms with Crippen LogP contribution in [0.15, 0.2) is 40.8 Å². The second-order valence-corrected chi connectivity index (χ2v) is 8.32. The Bertz CT molecular complexity index is 1180. The number of amides is 1. The minimum atomic E-state index is -0.625. The molecule has 0 atom stereocenters. The Morgan fingerprint density at radius 2 is 1.69 bits per heavy atom. The quantitative estimate of drug-likeness (QED) is 0.355. The lowest BCUT2D eigenvalue weighted by atomic mass is 10.1. The number of carbonyl (C=O) groups is 3. The van der Waals surface area contributed by atoms with Gasteiger partial charge in [-0.3, -0.25) is 4.79 Å². The van der Waals surface area contributed by atoms with Gasteiger partial charge in [-0.25, -0.2) is 9.59 Å². The molecule has 1 N–H and O–H groups in total. The largest absolute Gasteiger partial charge is 0.497 e. The fraction of sp³-hybridized carbons (Fsp3) is 0.320. The van der Waals surface area contributed by atoms with Crippen molar-refractivity contribution in [3.63, 3.8) is 0 Å². The topological polar surface area (TPSA) is 113 Å². The molecule has 0 aliphatic rings. The van der Waals surface area contributed by atoms with E-state index in [2.05, 4.69) is 5.32 Å². The highest BCUT2D eigenvalue weighted by Gasteiger charge is 2.28. The van der Waals surface area contributed by atoms with Crippen LogP contribution in [0, 0.1) is 6.92 Å². The summed E-state index contributed by atoms with van der Waals surface area (Å²) < 4.78 is 26.7. The number of rotatable bonds is 11. The molecule has 0 radical (unpaired) electrons. The maximum absolute atomic E-state index is 12.9. The number of methoxy groups -OCH3 is 1. The van der Waals surface area contributed by atoms with E-state index in [1.54, 1.807) is 51.3 Å². The highest BCUT2D eigenvalue weighted by molar-refractivity contribution is 7.18.